The molecule has 1 fully saturated rings. The fourth-order valence-corrected chi connectivity index (χ4v) is 3.71. The topological polar surface area (TPSA) is 29.1 Å². The minimum absolute atomic E-state index is 0.209. The van der Waals surface area contributed by atoms with Gasteiger partial charge in [-0.3, -0.25) is 4.79 Å². The third-order valence-electron chi connectivity index (χ3n) is 4.85. The van der Waals surface area contributed by atoms with Gasteiger partial charge < -0.3 is 5.32 Å². The van der Waals surface area contributed by atoms with Gasteiger partial charge in [0, 0.05) is 17.7 Å². The van der Waals surface area contributed by atoms with Crippen LogP contribution in [0.3, 0.4) is 0 Å². The highest BCUT2D eigenvalue weighted by Gasteiger charge is 2.30. The highest BCUT2D eigenvalue weighted by atomic mass is 16.1. The number of benzene rings is 1. The first-order valence-electron chi connectivity index (χ1n) is 8.39. The number of hydrogen-bond donors (Lipinski definition) is 1. The van der Waals surface area contributed by atoms with Gasteiger partial charge in [0.1, 0.15) is 0 Å². The van der Waals surface area contributed by atoms with Gasteiger partial charge >= 0.3 is 0 Å². The van der Waals surface area contributed by atoms with Crippen molar-refractivity contribution in [2.45, 2.75) is 57.4 Å². The molecule has 2 aliphatic rings. The number of carbonyl (C=O) groups is 1. The molecule has 0 heterocycles. The number of ketones is 1. The maximum atomic E-state index is 12.4. The predicted molar refractivity (Wildman–Crippen MR) is 87.4 cm³/mol. The van der Waals surface area contributed by atoms with Crippen molar-refractivity contribution in [2.24, 2.45) is 5.92 Å². The normalized spacial score (nSPS) is 21.7. The van der Waals surface area contributed by atoms with Gasteiger partial charge in [0.05, 0.1) is 6.04 Å². The van der Waals surface area contributed by atoms with Gasteiger partial charge in [-0.2, -0.15) is 0 Å². The molecule has 2 nitrogen and oxygen atoms in total. The zero-order chi connectivity index (χ0) is 14.5. The van der Waals surface area contributed by atoms with Crippen LogP contribution in [-0.4, -0.2) is 11.8 Å². The summed E-state index contributed by atoms with van der Waals surface area (Å²) >= 11 is 0. The maximum absolute atomic E-state index is 12.4. The van der Waals surface area contributed by atoms with E-state index < -0.39 is 0 Å². The van der Waals surface area contributed by atoms with Crippen molar-refractivity contribution < 1.29 is 4.79 Å². The Bertz CT molecular complexity index is 500. The third-order valence-corrected chi connectivity index (χ3v) is 4.85. The van der Waals surface area contributed by atoms with E-state index in [0.29, 0.717) is 11.7 Å². The van der Waals surface area contributed by atoms with E-state index in [1.807, 2.05) is 6.07 Å². The largest absolute Gasteiger partial charge is 0.378 e. The zero-order valence-corrected chi connectivity index (χ0v) is 12.7. The number of Topliss-reactive ketones (excluding diaryl/α,β-unsaturated/α-hetero) is 1. The van der Waals surface area contributed by atoms with E-state index in [1.165, 1.54) is 32.1 Å². The number of carbonyl (C=O) groups excluding carboxylic acids is 1. The third kappa shape index (κ3) is 3.55. The quantitative estimate of drug-likeness (QED) is 0.865. The van der Waals surface area contributed by atoms with Gasteiger partial charge in [0.25, 0.3) is 0 Å². The first-order chi connectivity index (χ1) is 10.3. The molecule has 2 aliphatic carbocycles. The first-order valence-corrected chi connectivity index (χ1v) is 8.39. The molecule has 1 unspecified atom stereocenters. The Labute approximate surface area is 127 Å². The number of rotatable bonds is 4. The minimum atomic E-state index is 0.209. The van der Waals surface area contributed by atoms with Crippen molar-refractivity contribution in [3.8, 4) is 0 Å². The molecule has 0 saturated heterocycles. The lowest BCUT2D eigenvalue weighted by Crippen LogP contribution is -2.36. The number of allylic oxidation sites excluding steroid dienone is 1. The molecule has 0 aliphatic heterocycles. The van der Waals surface area contributed by atoms with Gasteiger partial charge in [0.15, 0.2) is 5.78 Å². The summed E-state index contributed by atoms with van der Waals surface area (Å²) in [4.78, 5) is 12.4. The molecule has 0 aromatic heterocycles. The van der Waals surface area contributed by atoms with Crippen LogP contribution in [0.2, 0.25) is 0 Å². The average Bonchev–Trinajstić information content (AvgIpc) is 2.55. The lowest BCUT2D eigenvalue weighted by atomic mass is 9.78. The number of anilines is 1. The lowest BCUT2D eigenvalue weighted by Gasteiger charge is -2.34. The van der Waals surface area contributed by atoms with Crippen molar-refractivity contribution in [3.05, 3.63) is 42.0 Å². The second kappa shape index (κ2) is 6.93. The van der Waals surface area contributed by atoms with E-state index in [9.17, 15) is 4.79 Å². The number of nitrogens with one attached hydrogen (secondary N) is 1. The molecule has 2 heteroatoms. The summed E-state index contributed by atoms with van der Waals surface area (Å²) in [5.74, 6) is 0.965. The predicted octanol–water partition coefficient (Wildman–Crippen LogP) is 4.73. The Morgan fingerprint density at radius 1 is 1.00 bits per heavy atom. The highest BCUT2D eigenvalue weighted by Crippen LogP contribution is 2.33. The molecular weight excluding hydrogens is 258 g/mol. The summed E-state index contributed by atoms with van der Waals surface area (Å²) in [5, 5.41) is 3.66. The van der Waals surface area contributed by atoms with Crippen molar-refractivity contribution >= 4 is 11.5 Å². The van der Waals surface area contributed by atoms with Crippen molar-refractivity contribution in [1.29, 1.82) is 0 Å². The molecule has 0 bridgehead atoms. The summed E-state index contributed by atoms with van der Waals surface area (Å²) in [5.41, 5.74) is 2.18. The van der Waals surface area contributed by atoms with Crippen LogP contribution in [0.5, 0.6) is 0 Å². The van der Waals surface area contributed by atoms with E-state index in [1.54, 1.807) is 0 Å². The van der Waals surface area contributed by atoms with Crippen LogP contribution in [0.4, 0.5) is 5.69 Å². The first kappa shape index (κ1) is 14.4. The average molecular weight is 283 g/mol. The zero-order valence-electron chi connectivity index (χ0n) is 12.7. The molecular formula is C19H25NO. The van der Waals surface area contributed by atoms with Gasteiger partial charge in [-0.25, -0.2) is 0 Å². The fourth-order valence-electron chi connectivity index (χ4n) is 3.71. The summed E-state index contributed by atoms with van der Waals surface area (Å²) < 4.78 is 0. The van der Waals surface area contributed by atoms with Crippen LogP contribution in [0.15, 0.2) is 42.0 Å². The van der Waals surface area contributed by atoms with Crippen LogP contribution in [-0.2, 0) is 4.79 Å². The summed E-state index contributed by atoms with van der Waals surface area (Å²) in [6.45, 7) is 0. The van der Waals surface area contributed by atoms with Gasteiger partial charge in [-0.1, -0.05) is 43.5 Å². The van der Waals surface area contributed by atoms with Crippen LogP contribution in [0.25, 0.3) is 0 Å². The Kier molecular flexibility index (Phi) is 4.74. The number of hydrogen-bond acceptors (Lipinski definition) is 2. The lowest BCUT2D eigenvalue weighted by molar-refractivity contribution is -0.116. The Morgan fingerprint density at radius 2 is 1.76 bits per heavy atom. The SMILES string of the molecule is O=C1CCCC=C1C(Nc1ccccc1)C1CCCCC1. The van der Waals surface area contributed by atoms with Gasteiger partial charge in [-0.05, 0) is 43.7 Å². The monoisotopic (exact) mass is 283 g/mol. The molecule has 1 aromatic carbocycles. The van der Waals surface area contributed by atoms with Crippen molar-refractivity contribution in [1.82, 2.24) is 0 Å². The summed E-state index contributed by atoms with van der Waals surface area (Å²) in [6, 6.07) is 10.5. The Hall–Kier alpha value is -1.57. The molecule has 1 atom stereocenters. The molecule has 0 radical (unpaired) electrons. The molecule has 1 aromatic rings. The van der Waals surface area contributed by atoms with Crippen LogP contribution in [0, 0.1) is 5.92 Å². The fraction of sp³-hybridized carbons (Fsp3) is 0.526. The van der Waals surface area contributed by atoms with E-state index in [4.69, 9.17) is 0 Å². The van der Waals surface area contributed by atoms with Crippen LogP contribution < -0.4 is 5.32 Å². The van der Waals surface area contributed by atoms with E-state index in [2.05, 4.69) is 35.7 Å². The minimum Gasteiger partial charge on any atom is -0.378 e. The molecule has 112 valence electrons. The van der Waals surface area contributed by atoms with Crippen LogP contribution >= 0.6 is 0 Å². The van der Waals surface area contributed by atoms with Crippen molar-refractivity contribution in [2.75, 3.05) is 5.32 Å². The van der Waals surface area contributed by atoms with E-state index in [-0.39, 0.29) is 6.04 Å². The smallest absolute Gasteiger partial charge is 0.160 e. The second-order valence-corrected chi connectivity index (χ2v) is 6.36. The summed E-state index contributed by atoms with van der Waals surface area (Å²) in [6.07, 6.45) is 11.4. The maximum Gasteiger partial charge on any atom is 0.160 e. The van der Waals surface area contributed by atoms with Gasteiger partial charge in [-0.15, -0.1) is 0 Å². The Balaban J connectivity index is 1.83. The molecule has 21 heavy (non-hydrogen) atoms. The van der Waals surface area contributed by atoms with Gasteiger partial charge in [0.2, 0.25) is 0 Å². The van der Waals surface area contributed by atoms with E-state index >= 15 is 0 Å². The molecule has 0 spiro atoms. The second-order valence-electron chi connectivity index (χ2n) is 6.36. The molecule has 0 amide bonds. The summed E-state index contributed by atoms with van der Waals surface area (Å²) in [7, 11) is 0. The van der Waals surface area contributed by atoms with Crippen molar-refractivity contribution in [3.63, 3.8) is 0 Å². The Morgan fingerprint density at radius 3 is 2.48 bits per heavy atom. The standard InChI is InChI=1S/C19H25NO/c21-18-14-8-7-13-17(18)19(15-9-3-1-4-10-15)20-16-11-5-2-6-12-16/h2,5-6,11-13,15,19-20H,1,3-4,7-10,14H2. The molecule has 1 saturated carbocycles. The highest BCUT2D eigenvalue weighted by molar-refractivity contribution is 5.97. The molecule has 1 N–H and O–H groups in total. The van der Waals surface area contributed by atoms with E-state index in [0.717, 1.165) is 30.5 Å². The van der Waals surface area contributed by atoms with Crippen LogP contribution in [0.1, 0.15) is 51.4 Å². The molecule has 3 rings (SSSR count). The number of para-hydroxylation sites is 1.